The quantitative estimate of drug-likeness (QED) is 0.673. The zero-order valence-electron chi connectivity index (χ0n) is 13.2. The fourth-order valence-corrected chi connectivity index (χ4v) is 3.28. The van der Waals surface area contributed by atoms with Crippen molar-refractivity contribution in [2.45, 2.75) is 11.9 Å². The van der Waals surface area contributed by atoms with E-state index in [-0.39, 0.29) is 16.7 Å². The van der Waals surface area contributed by atoms with Crippen LogP contribution in [0, 0.1) is 12.7 Å². The van der Waals surface area contributed by atoms with E-state index in [4.69, 9.17) is 17.3 Å². The Morgan fingerprint density at radius 1 is 1.12 bits per heavy atom. The third kappa shape index (κ3) is 3.84. The Bertz CT molecular complexity index is 925. The molecular weight excluding hydrogens is 363 g/mol. The van der Waals surface area contributed by atoms with E-state index in [2.05, 4.69) is 14.7 Å². The number of hydrogen-bond donors (Lipinski definition) is 2. The number of anilines is 2. The minimum atomic E-state index is -1.95. The molecule has 3 aromatic rings. The maximum Gasteiger partial charge on any atom is 0.309 e. The van der Waals surface area contributed by atoms with Gasteiger partial charge in [-0.15, -0.1) is 0 Å². The van der Waals surface area contributed by atoms with Crippen LogP contribution in [0.5, 0.6) is 0 Å². The Labute approximate surface area is 152 Å². The van der Waals surface area contributed by atoms with E-state index in [9.17, 15) is 8.94 Å². The summed E-state index contributed by atoms with van der Waals surface area (Å²) in [4.78, 5) is 8.17. The molecule has 0 saturated heterocycles. The van der Waals surface area contributed by atoms with E-state index < -0.39 is 17.2 Å². The van der Waals surface area contributed by atoms with Crippen LogP contribution < -0.4 is 10.5 Å². The molecule has 3 N–H and O–H groups in total. The number of benzene rings is 1. The molecule has 25 heavy (non-hydrogen) atoms. The van der Waals surface area contributed by atoms with Crippen molar-refractivity contribution in [2.24, 2.45) is 0 Å². The molecule has 1 aromatic carbocycles. The van der Waals surface area contributed by atoms with Crippen LogP contribution in [0.2, 0.25) is 5.02 Å². The van der Waals surface area contributed by atoms with Gasteiger partial charge in [0.25, 0.3) is 0 Å². The van der Waals surface area contributed by atoms with E-state index in [1.807, 2.05) is 31.2 Å². The first-order valence-electron chi connectivity index (χ1n) is 7.28. The zero-order chi connectivity index (χ0) is 18.0. The molecule has 1 unspecified atom stereocenters. The Hall–Kier alpha value is -2.35. The van der Waals surface area contributed by atoms with E-state index in [1.165, 1.54) is 6.07 Å². The van der Waals surface area contributed by atoms with Gasteiger partial charge in [-0.1, -0.05) is 35.9 Å². The second kappa shape index (κ2) is 7.26. The summed E-state index contributed by atoms with van der Waals surface area (Å²) in [5, 5.41) is 0.174. The van der Waals surface area contributed by atoms with Crippen molar-refractivity contribution in [1.29, 1.82) is 0 Å². The molecular formula is C17H14ClFN4OS. The predicted octanol–water partition coefficient (Wildman–Crippen LogP) is 3.96. The minimum absolute atomic E-state index is 0.0798. The summed E-state index contributed by atoms with van der Waals surface area (Å²) in [6, 6.07) is 13.2. The molecule has 0 radical (unpaired) electrons. The summed E-state index contributed by atoms with van der Waals surface area (Å²) >= 11 is 4.29. The van der Waals surface area contributed by atoms with Crippen molar-refractivity contribution in [3.63, 3.8) is 0 Å². The van der Waals surface area contributed by atoms with E-state index in [0.717, 1.165) is 17.2 Å². The van der Waals surface area contributed by atoms with Crippen LogP contribution in [0.1, 0.15) is 5.56 Å². The highest BCUT2D eigenvalue weighted by Crippen LogP contribution is 2.30. The SMILES string of the molecule is Cc1ccccc1-c1nc(N[S+]([O-])c2nc(N)ccc2F)ccc1Cl. The van der Waals surface area contributed by atoms with Crippen LogP contribution in [0.15, 0.2) is 53.6 Å². The number of halogens is 2. The second-order valence-corrected chi connectivity index (χ2v) is 6.77. The molecule has 0 aliphatic heterocycles. The molecule has 2 heterocycles. The molecule has 128 valence electrons. The molecule has 0 fully saturated rings. The average molecular weight is 377 g/mol. The van der Waals surface area contributed by atoms with Gasteiger partial charge in [0.15, 0.2) is 5.82 Å². The van der Waals surface area contributed by atoms with Gasteiger partial charge in [-0.3, -0.25) is 0 Å². The lowest BCUT2D eigenvalue weighted by atomic mass is 10.1. The Morgan fingerprint density at radius 2 is 1.88 bits per heavy atom. The van der Waals surface area contributed by atoms with Crippen LogP contribution in [0.3, 0.4) is 0 Å². The minimum Gasteiger partial charge on any atom is -0.586 e. The molecule has 1 atom stereocenters. The standard InChI is InChI=1S/C17H14ClFN4OS/c1-10-4-2-3-5-11(10)16-12(18)6-9-15(22-16)23-25(24)17-13(19)7-8-14(20)21-17/h2-9H,1H3,(H2,20,21)(H,22,23). The van der Waals surface area contributed by atoms with Gasteiger partial charge >= 0.3 is 5.03 Å². The Balaban J connectivity index is 1.93. The van der Waals surface area contributed by atoms with Gasteiger partial charge in [0.1, 0.15) is 17.2 Å². The number of aryl methyl sites for hydroxylation is 1. The lowest BCUT2D eigenvalue weighted by molar-refractivity contribution is 0.557. The number of nitrogens with two attached hydrogens (primary N) is 1. The van der Waals surface area contributed by atoms with E-state index in [1.54, 1.807) is 12.1 Å². The number of hydrogen-bond acceptors (Lipinski definition) is 5. The fraction of sp³-hybridized carbons (Fsp3) is 0.0588. The van der Waals surface area contributed by atoms with Crippen LogP contribution in [0.25, 0.3) is 11.3 Å². The van der Waals surface area contributed by atoms with Crippen LogP contribution in [-0.2, 0) is 11.4 Å². The maximum absolute atomic E-state index is 13.8. The molecule has 3 rings (SSSR count). The van der Waals surface area contributed by atoms with Crippen molar-refractivity contribution in [3.05, 3.63) is 64.9 Å². The summed E-state index contributed by atoms with van der Waals surface area (Å²) in [6.45, 7) is 1.94. The summed E-state index contributed by atoms with van der Waals surface area (Å²) in [6.07, 6.45) is 0. The van der Waals surface area contributed by atoms with Crippen LogP contribution in [0.4, 0.5) is 16.0 Å². The highest BCUT2D eigenvalue weighted by molar-refractivity contribution is 7.92. The molecule has 0 aliphatic rings. The zero-order valence-corrected chi connectivity index (χ0v) is 14.7. The van der Waals surface area contributed by atoms with E-state index in [0.29, 0.717) is 10.7 Å². The molecule has 0 bridgehead atoms. The van der Waals surface area contributed by atoms with Gasteiger partial charge in [-0.05, 0) is 36.8 Å². The van der Waals surface area contributed by atoms with Crippen LogP contribution >= 0.6 is 11.6 Å². The summed E-state index contributed by atoms with van der Waals surface area (Å²) < 4.78 is 28.8. The average Bonchev–Trinajstić information content (AvgIpc) is 2.59. The summed E-state index contributed by atoms with van der Waals surface area (Å²) in [5.74, 6) is -0.353. The van der Waals surface area contributed by atoms with Gasteiger partial charge in [-0.25, -0.2) is 4.98 Å². The summed E-state index contributed by atoms with van der Waals surface area (Å²) in [5.41, 5.74) is 7.92. The number of rotatable bonds is 4. The number of aromatic nitrogens is 2. The molecule has 0 spiro atoms. The highest BCUT2D eigenvalue weighted by Gasteiger charge is 2.21. The van der Waals surface area contributed by atoms with Gasteiger partial charge in [-0.2, -0.15) is 14.1 Å². The lowest BCUT2D eigenvalue weighted by Gasteiger charge is -2.13. The lowest BCUT2D eigenvalue weighted by Crippen LogP contribution is -2.18. The molecule has 0 aliphatic carbocycles. The molecule has 0 amide bonds. The largest absolute Gasteiger partial charge is 0.586 e. The first-order chi connectivity index (χ1) is 12.0. The van der Waals surface area contributed by atoms with Crippen molar-refractivity contribution in [3.8, 4) is 11.3 Å². The number of pyridine rings is 2. The smallest absolute Gasteiger partial charge is 0.309 e. The van der Waals surface area contributed by atoms with Crippen molar-refractivity contribution in [2.75, 3.05) is 10.5 Å². The third-order valence-electron chi connectivity index (χ3n) is 3.45. The van der Waals surface area contributed by atoms with Gasteiger partial charge < -0.3 is 10.3 Å². The topological polar surface area (TPSA) is 86.9 Å². The van der Waals surface area contributed by atoms with Crippen molar-refractivity contribution < 1.29 is 8.94 Å². The Morgan fingerprint density at radius 3 is 2.64 bits per heavy atom. The fourth-order valence-electron chi connectivity index (χ4n) is 2.24. The Kier molecular flexibility index (Phi) is 5.08. The second-order valence-electron chi connectivity index (χ2n) is 5.24. The van der Waals surface area contributed by atoms with Crippen molar-refractivity contribution in [1.82, 2.24) is 9.97 Å². The number of nitrogen functional groups attached to an aromatic ring is 1. The molecule has 0 saturated carbocycles. The monoisotopic (exact) mass is 376 g/mol. The third-order valence-corrected chi connectivity index (χ3v) is 4.79. The molecule has 8 heteroatoms. The number of nitrogens with zero attached hydrogens (tertiary/aromatic N) is 2. The normalized spacial score (nSPS) is 12.0. The maximum atomic E-state index is 13.8. The molecule has 5 nitrogen and oxygen atoms in total. The first kappa shape index (κ1) is 17.5. The number of nitrogens with one attached hydrogen (secondary N) is 1. The van der Waals surface area contributed by atoms with Gasteiger partial charge in [0.05, 0.1) is 10.7 Å². The van der Waals surface area contributed by atoms with Crippen molar-refractivity contribution >= 4 is 34.6 Å². The van der Waals surface area contributed by atoms with Crippen LogP contribution in [-0.4, -0.2) is 14.5 Å². The first-order valence-corrected chi connectivity index (χ1v) is 8.81. The van der Waals surface area contributed by atoms with E-state index >= 15 is 0 Å². The van der Waals surface area contributed by atoms with Gasteiger partial charge in [0.2, 0.25) is 5.82 Å². The highest BCUT2D eigenvalue weighted by atomic mass is 35.5. The van der Waals surface area contributed by atoms with Gasteiger partial charge in [0, 0.05) is 5.56 Å². The molecule has 2 aromatic heterocycles. The predicted molar refractivity (Wildman–Crippen MR) is 98.1 cm³/mol. The summed E-state index contributed by atoms with van der Waals surface area (Å²) in [7, 11) is 0.